The highest BCUT2D eigenvalue weighted by Gasteiger charge is 2.56. The lowest BCUT2D eigenvalue weighted by Crippen LogP contribution is -2.68. The van der Waals surface area contributed by atoms with Gasteiger partial charge in [-0.05, 0) is 24.2 Å². The Balaban J connectivity index is 2.13. The van der Waals surface area contributed by atoms with E-state index in [0.29, 0.717) is 19.6 Å². The van der Waals surface area contributed by atoms with E-state index in [9.17, 15) is 4.79 Å². The molecule has 9 nitrogen and oxygen atoms in total. The number of hydrogen-bond acceptors (Lipinski definition) is 8. The van der Waals surface area contributed by atoms with Crippen LogP contribution >= 0.6 is 0 Å². The minimum absolute atomic E-state index is 0.0338. The fourth-order valence-corrected chi connectivity index (χ4v) is 6.20. The van der Waals surface area contributed by atoms with Gasteiger partial charge in [0, 0.05) is 34.1 Å². The second-order valence-corrected chi connectivity index (χ2v) is 24.1. The van der Waals surface area contributed by atoms with Crippen LogP contribution in [0.25, 0.3) is 0 Å². The van der Waals surface area contributed by atoms with Gasteiger partial charge in [-0.15, -0.1) is 0 Å². The second-order valence-electron chi connectivity index (χ2n) is 13.7. The van der Waals surface area contributed by atoms with Crippen molar-refractivity contribution in [1.82, 2.24) is 5.32 Å². The molecule has 1 N–H and O–H groups in total. The third-order valence-corrected chi connectivity index (χ3v) is 14.4. The molecule has 0 aliphatic carbocycles. The molecule has 0 unspecified atom stereocenters. The van der Waals surface area contributed by atoms with Crippen LogP contribution in [0.5, 0.6) is 0 Å². The summed E-state index contributed by atoms with van der Waals surface area (Å²) in [5.41, 5.74) is -0.386. The predicted octanol–water partition coefficient (Wildman–Crippen LogP) is 4.99. The zero-order valence-corrected chi connectivity index (χ0v) is 27.3. The summed E-state index contributed by atoms with van der Waals surface area (Å²) in [6, 6.07) is 0.898. The van der Waals surface area contributed by atoms with Gasteiger partial charge in [-0.3, -0.25) is 5.32 Å². The quantitative estimate of drug-likeness (QED) is 0.352. The number of ether oxygens (including phenoxy) is 6. The fraction of sp³-hybridized carbons (Fsp3) is 0.962. The van der Waals surface area contributed by atoms with Gasteiger partial charge in [0.05, 0.1) is 31.5 Å². The smallest absolute Gasteiger partial charge is 0.409 e. The molecule has 0 aromatic rings. The maximum Gasteiger partial charge on any atom is 0.409 e. The molecule has 1 amide bonds. The first-order valence-corrected chi connectivity index (χ1v) is 20.1. The van der Waals surface area contributed by atoms with Crippen LogP contribution in [0.2, 0.25) is 43.8 Å². The van der Waals surface area contributed by atoms with E-state index in [1.165, 1.54) is 0 Å². The van der Waals surface area contributed by atoms with Crippen LogP contribution in [0.3, 0.4) is 0 Å². The summed E-state index contributed by atoms with van der Waals surface area (Å²) in [5, 5.41) is 2.96. The molecule has 2 fully saturated rings. The Hall–Kier alpha value is -0.536. The van der Waals surface area contributed by atoms with Crippen molar-refractivity contribution in [3.63, 3.8) is 0 Å². The van der Waals surface area contributed by atoms with E-state index in [2.05, 4.69) is 72.7 Å². The molecule has 2 rings (SSSR count). The Morgan fingerprint density at radius 2 is 1.73 bits per heavy atom. The van der Waals surface area contributed by atoms with Crippen LogP contribution in [0.15, 0.2) is 0 Å². The minimum Gasteiger partial charge on any atom is -0.450 e. The highest BCUT2D eigenvalue weighted by Crippen LogP contribution is 2.44. The van der Waals surface area contributed by atoms with E-state index in [-0.39, 0.29) is 35.6 Å². The zero-order valence-electron chi connectivity index (χ0n) is 25.3. The summed E-state index contributed by atoms with van der Waals surface area (Å²) in [5.74, 6) is 0. The zero-order chi connectivity index (χ0) is 28.2. The molecule has 37 heavy (non-hydrogen) atoms. The van der Waals surface area contributed by atoms with Gasteiger partial charge < -0.3 is 32.8 Å². The molecule has 0 radical (unpaired) electrons. The van der Waals surface area contributed by atoms with Crippen molar-refractivity contribution in [3.8, 4) is 0 Å². The standard InChI is InChI=1S/C26H53NO8Si2/c1-25(2,3)37(11,12)34-16-18(29-6)15-19-26(4,5)22(30-7)20-21(35-19)23(33-17-32-20)27-24(28)31-13-14-36(8,9)10/h18-23H,13-17H2,1-12H3,(H,27,28)/t18-,19+,20-,21-,22+,23-/m0/s1. The van der Waals surface area contributed by atoms with Gasteiger partial charge in [-0.2, -0.15) is 0 Å². The first-order chi connectivity index (χ1) is 16.9. The number of carbonyl (C=O) groups is 1. The predicted molar refractivity (Wildman–Crippen MR) is 149 cm³/mol. The number of fused-ring (bicyclic) bond motifs is 1. The third-order valence-electron chi connectivity index (χ3n) is 8.16. The lowest BCUT2D eigenvalue weighted by molar-refractivity contribution is -0.331. The number of hydrogen-bond donors (Lipinski definition) is 1. The summed E-state index contributed by atoms with van der Waals surface area (Å²) >= 11 is 0. The van der Waals surface area contributed by atoms with Crippen molar-refractivity contribution in [3.05, 3.63) is 0 Å². The molecule has 6 atom stereocenters. The van der Waals surface area contributed by atoms with Crippen LogP contribution < -0.4 is 5.32 Å². The van der Waals surface area contributed by atoms with Crippen LogP contribution in [0, 0.1) is 5.41 Å². The SMILES string of the molecule is CO[C@H](CO[Si](C)(C)C(C)(C)C)C[C@H]1O[C@H]2[C@H](OCO[C@@H]2NC(=O)OCC[Si](C)(C)C)[C@@H](OC)C1(C)C. The number of methoxy groups -OCH3 is 2. The van der Waals surface area contributed by atoms with Crippen LogP contribution in [-0.2, 0) is 32.8 Å². The van der Waals surface area contributed by atoms with Gasteiger partial charge >= 0.3 is 6.09 Å². The Morgan fingerprint density at radius 1 is 1.08 bits per heavy atom. The molecule has 0 spiro atoms. The van der Waals surface area contributed by atoms with E-state index in [0.717, 1.165) is 6.04 Å². The van der Waals surface area contributed by atoms with Gasteiger partial charge in [0.25, 0.3) is 0 Å². The van der Waals surface area contributed by atoms with Crippen molar-refractivity contribution in [1.29, 1.82) is 0 Å². The topological polar surface area (TPSA) is 93.7 Å². The molecule has 0 aromatic carbocycles. The Bertz CT molecular complexity index is 737. The average Bonchev–Trinajstić information content (AvgIpc) is 2.75. The summed E-state index contributed by atoms with van der Waals surface area (Å²) < 4.78 is 42.1. The third kappa shape index (κ3) is 8.73. The van der Waals surface area contributed by atoms with Crippen molar-refractivity contribution in [2.45, 2.75) is 122 Å². The molecule has 0 aromatic heterocycles. The second kappa shape index (κ2) is 12.8. The van der Waals surface area contributed by atoms with Gasteiger partial charge in [0.2, 0.25) is 0 Å². The number of carbonyl (C=O) groups excluding carboxylic acids is 1. The molecule has 0 saturated carbocycles. The number of nitrogens with one attached hydrogen (secondary N) is 1. The molecule has 2 aliphatic rings. The fourth-order valence-electron chi connectivity index (χ4n) is 4.45. The van der Waals surface area contributed by atoms with Crippen molar-refractivity contribution < 1.29 is 37.6 Å². The first-order valence-electron chi connectivity index (χ1n) is 13.4. The normalized spacial score (nSPS) is 29.4. The molecule has 11 heteroatoms. The van der Waals surface area contributed by atoms with Crippen molar-refractivity contribution >= 4 is 22.5 Å². The van der Waals surface area contributed by atoms with E-state index in [4.69, 9.17) is 32.8 Å². The lowest BCUT2D eigenvalue weighted by atomic mass is 9.72. The van der Waals surface area contributed by atoms with Gasteiger partial charge in [-0.25, -0.2) is 4.79 Å². The summed E-state index contributed by atoms with van der Waals surface area (Å²) in [6.07, 6.45) is -2.25. The lowest BCUT2D eigenvalue weighted by Gasteiger charge is -2.54. The van der Waals surface area contributed by atoms with Crippen molar-refractivity contribution in [2.75, 3.05) is 34.2 Å². The molecule has 2 heterocycles. The largest absolute Gasteiger partial charge is 0.450 e. The summed E-state index contributed by atoms with van der Waals surface area (Å²) in [7, 11) is 0.154. The average molecular weight is 564 g/mol. The number of rotatable bonds is 11. The van der Waals surface area contributed by atoms with Crippen LogP contribution in [0.4, 0.5) is 4.79 Å². The highest BCUT2D eigenvalue weighted by atomic mass is 28.4. The van der Waals surface area contributed by atoms with Crippen LogP contribution in [-0.4, -0.2) is 93.5 Å². The molecule has 2 saturated heterocycles. The molecular weight excluding hydrogens is 510 g/mol. The van der Waals surface area contributed by atoms with Crippen molar-refractivity contribution in [2.24, 2.45) is 5.41 Å². The molecule has 218 valence electrons. The minimum atomic E-state index is -1.93. The molecular formula is C26H53NO8Si2. The number of alkyl carbamates (subject to hydrolysis) is 1. The molecule has 0 bridgehead atoms. The number of amides is 1. The maximum absolute atomic E-state index is 12.6. The van der Waals surface area contributed by atoms with E-state index >= 15 is 0 Å². The summed E-state index contributed by atoms with van der Waals surface area (Å²) in [6.45, 7) is 23.0. The van der Waals surface area contributed by atoms with Gasteiger partial charge in [-0.1, -0.05) is 54.3 Å². The Kier molecular flexibility index (Phi) is 11.3. The maximum atomic E-state index is 12.6. The van der Waals surface area contributed by atoms with E-state index in [1.807, 2.05) is 0 Å². The molecule has 2 aliphatic heterocycles. The Labute approximate surface area is 226 Å². The van der Waals surface area contributed by atoms with Crippen LogP contribution in [0.1, 0.15) is 41.0 Å². The van der Waals surface area contributed by atoms with Gasteiger partial charge in [0.1, 0.15) is 19.0 Å². The first kappa shape index (κ1) is 32.7. The highest BCUT2D eigenvalue weighted by molar-refractivity contribution is 6.76. The Morgan fingerprint density at radius 3 is 2.27 bits per heavy atom. The monoisotopic (exact) mass is 563 g/mol. The summed E-state index contributed by atoms with van der Waals surface area (Å²) in [4.78, 5) is 12.6. The van der Waals surface area contributed by atoms with E-state index in [1.54, 1.807) is 14.2 Å². The van der Waals surface area contributed by atoms with E-state index < -0.39 is 40.9 Å². The van der Waals surface area contributed by atoms with Gasteiger partial charge in [0.15, 0.2) is 14.5 Å².